The van der Waals surface area contributed by atoms with Crippen molar-refractivity contribution < 1.29 is 62.6 Å². The van der Waals surface area contributed by atoms with E-state index in [0.717, 1.165) is 116 Å². The third kappa shape index (κ3) is 33.9. The number of aromatic nitrogens is 11. The van der Waals surface area contributed by atoms with Crippen molar-refractivity contribution in [2.24, 2.45) is 4.30 Å². The summed E-state index contributed by atoms with van der Waals surface area (Å²) in [6.07, 6.45) is 18.1. The van der Waals surface area contributed by atoms with Crippen LogP contribution in [0.4, 0.5) is 17.2 Å². The van der Waals surface area contributed by atoms with Gasteiger partial charge in [-0.05, 0) is 325 Å². The second kappa shape index (κ2) is 58.8. The molecule has 2 aliphatic carbocycles. The zero-order chi connectivity index (χ0) is 103. The molecule has 144 heavy (non-hydrogen) atoms. The summed E-state index contributed by atoms with van der Waals surface area (Å²) in [5.41, 5.74) is 28.5. The van der Waals surface area contributed by atoms with Crippen molar-refractivity contribution in [2.75, 3.05) is 44.8 Å². The van der Waals surface area contributed by atoms with E-state index in [1.54, 1.807) is 115 Å². The van der Waals surface area contributed by atoms with Gasteiger partial charge in [-0.15, -0.1) is 20.4 Å². The normalized spacial score (nSPS) is 12.1. The first kappa shape index (κ1) is 121. The number of hydrogen-bond donors (Lipinski definition) is 8. The molecule has 0 unspecified atom stereocenters. The summed E-state index contributed by atoms with van der Waals surface area (Å²) in [4.78, 5) is 104. The van der Waals surface area contributed by atoms with Crippen LogP contribution in [0.5, 0.6) is 0 Å². The van der Waals surface area contributed by atoms with Crippen molar-refractivity contribution in [2.45, 2.75) is 90.9 Å². The summed E-state index contributed by atoms with van der Waals surface area (Å²) < 4.78 is 36.2. The van der Waals surface area contributed by atoms with Gasteiger partial charge in [0.25, 0.3) is 17.7 Å². The average Bonchev–Trinajstić information content (AvgIpc) is 1.61. The van der Waals surface area contributed by atoms with E-state index in [2.05, 4.69) is 213 Å². The fourth-order valence-corrected chi connectivity index (χ4v) is 17.2. The number of pyridine rings is 5. The number of esters is 4. The molecular formula is C96H92AlB3Br2Cl5I4N19O13S-. The molecule has 0 spiro atoms. The predicted octanol–water partition coefficient (Wildman–Crippen LogP) is 20.2. The summed E-state index contributed by atoms with van der Waals surface area (Å²) >= 11 is 45.5. The Morgan fingerprint density at radius 1 is 0.542 bits per heavy atom. The van der Waals surface area contributed by atoms with Crippen molar-refractivity contribution in [1.29, 1.82) is 4.78 Å². The molecule has 2 saturated carbocycles. The average molecular weight is 2660 g/mol. The molecule has 10 heterocycles. The minimum absolute atomic E-state index is 0. The molecular weight excluding hydrogens is 2560 g/mol. The first-order valence-electron chi connectivity index (χ1n) is 41.7. The number of nitrogen functional groups attached to an aromatic ring is 2. The predicted molar refractivity (Wildman–Crippen MR) is 610 cm³/mol. The van der Waals surface area contributed by atoms with E-state index in [1.807, 2.05) is 118 Å². The zero-order valence-corrected chi connectivity index (χ0v) is 95.8. The Bertz CT molecular complexity index is 6960. The van der Waals surface area contributed by atoms with E-state index in [-0.39, 0.29) is 72.5 Å². The number of nitrogens with two attached hydrogens (primary N) is 2. The Labute approximate surface area is 942 Å². The van der Waals surface area contributed by atoms with Gasteiger partial charge in [0.15, 0.2) is 11.6 Å². The van der Waals surface area contributed by atoms with Crippen LogP contribution in [0.25, 0.3) is 45.3 Å². The van der Waals surface area contributed by atoms with Crippen LogP contribution in [-0.4, -0.2) is 173 Å². The van der Waals surface area contributed by atoms with Gasteiger partial charge >= 0.3 is 64.7 Å². The van der Waals surface area contributed by atoms with E-state index in [4.69, 9.17) is 96.0 Å². The topological polar surface area (TPSA) is 473 Å². The number of halogens is 11. The van der Waals surface area contributed by atoms with Crippen LogP contribution in [0.2, 0.25) is 25.1 Å². The van der Waals surface area contributed by atoms with E-state index < -0.39 is 17.4 Å². The van der Waals surface area contributed by atoms with Crippen LogP contribution in [-0.2, 0) is 54.2 Å². The van der Waals surface area contributed by atoms with Gasteiger partial charge in [-0.1, -0.05) is 112 Å². The van der Waals surface area contributed by atoms with Gasteiger partial charge in [0.2, 0.25) is 0 Å². The monoisotopic (exact) mass is 2650 g/mol. The maximum absolute atomic E-state index is 13.3. The quantitative estimate of drug-likeness (QED) is 0.00732. The van der Waals surface area contributed by atoms with E-state index >= 15 is 0 Å². The summed E-state index contributed by atoms with van der Waals surface area (Å²) in [7, 11) is 7.37. The van der Waals surface area contributed by atoms with E-state index in [1.165, 1.54) is 47.5 Å². The number of ether oxygens (including phenoxy) is 4. The van der Waals surface area contributed by atoms with Crippen LogP contribution in [0.1, 0.15) is 157 Å². The number of aryl methyl sites for hydroxylation is 3. The second-order valence-corrected chi connectivity index (χ2v) is 39.3. The van der Waals surface area contributed by atoms with E-state index in [9.17, 15) is 33.6 Å². The van der Waals surface area contributed by atoms with Crippen LogP contribution < -0.4 is 38.6 Å². The Morgan fingerprint density at radius 2 is 0.972 bits per heavy atom. The molecule has 48 heteroatoms. The molecule has 745 valence electrons. The van der Waals surface area contributed by atoms with Crippen LogP contribution in [0.15, 0.2) is 223 Å². The molecule has 0 bridgehead atoms. The fourth-order valence-electron chi connectivity index (χ4n) is 13.3. The molecule has 19 rings (SSSR count). The number of amides is 3. The number of methoxy groups -OCH3 is 4. The molecule has 32 nitrogen and oxygen atoms in total. The van der Waals surface area contributed by atoms with Crippen molar-refractivity contribution in [3.8, 4) is 45.3 Å². The SMILES string of the molecule is Brc1cccc(-c2nncn2C2CC2)n1.C.COC(=O)c1cc(I)c(Cl)cc1C.COC(=O)c1cc(I)c(Cl)cc1CBr.COC(=O)c1cc(I)c(N)cc1C.COC(=O)c1ccc(N)cc1C.N.O=C1NCc2cc(Cl)c(-c3cccnc3)cc21.O=C1NCc2cc(Cl)c(I)cc21.O=C1c2cc(-c3cccnc3)c(Cl)cc2CN1c1cccc(-c2nncn2C2CC2)n1.OB(O)c1cccnc1.[AlH2].[B]=N[S-](=[B])=N. The summed E-state index contributed by atoms with van der Waals surface area (Å²) in [5.74, 6) is 0.729. The fraction of sp³-hybridized carbons (Fsp3) is 0.188. The van der Waals surface area contributed by atoms with Crippen LogP contribution >= 0.6 is 180 Å². The van der Waals surface area contributed by atoms with Crippen molar-refractivity contribution >= 4 is 294 Å². The molecule has 3 radical (unpaired) electrons. The molecule has 14 aromatic rings. The third-order valence-electron chi connectivity index (χ3n) is 20.7. The molecule has 7 aromatic heterocycles. The van der Waals surface area contributed by atoms with Gasteiger partial charge < -0.3 is 66.4 Å². The number of hydrogen-bond acceptors (Lipinski definition) is 27. The minimum atomic E-state index is -1.40. The van der Waals surface area contributed by atoms with Gasteiger partial charge in [-0.2, -0.15) is 0 Å². The van der Waals surface area contributed by atoms with Gasteiger partial charge in [0, 0.05) is 148 Å². The number of nitrogens with zero attached hydrogens (tertiary/aromatic N) is 13. The summed E-state index contributed by atoms with van der Waals surface area (Å²) in [5, 5.41) is 42.8. The number of alkyl halides is 1. The molecule has 2 fully saturated rings. The maximum atomic E-state index is 13.3. The first-order valence-corrected chi connectivity index (χ1v) is 51.1. The third-order valence-corrected chi connectivity index (χ3v) is 28.1. The van der Waals surface area contributed by atoms with Gasteiger partial charge in [-0.3, -0.25) is 34.2 Å². The first-order chi connectivity index (χ1) is 67.4. The summed E-state index contributed by atoms with van der Waals surface area (Å²) in [6.45, 7) is 11.8. The number of carbonyl (C=O) groups is 7. The molecule has 0 saturated heterocycles. The number of rotatable bonds is 14. The standard InChI is InChI=1S/C23H17ClN6O.C13H9ClN2O.C10H9BrN4.C9H7BrClIO2.C9H8ClIO2.C9H10INO2.C9H11NO2.C8H5ClINO.C5H6BNO2.CH4.Al.B2HN2S.H3N.2H/c24-19-9-15-12-29(23(31)18(15)10-17(19)14-3-2-8-25-11-14)21-5-1-4-20(27-21)22-28-26-13-30(22)16-6-7-16;14-12-4-9-7-16-13(17)11(9)5-10(12)8-2-1-3-15-6-8;11-9-3-1-2-8(13-9)10-14-12-6-15(10)7-4-5-7;1-14-9(13)6-3-8(12)7(11)2-5(6)4-10;1-5-3-7(10)8(11)4-6(5)9(12)13-2;1-5-3-8(11)7(10)4-6(5)9(12)13-2;1-6-5-7(10)3-4-8(6)9(11)12-2;9-6-1-4-3-11-8(12)5(4)2-7(6)10;8-6(9)5-2-1-3-7-4-5;;;1-4-5(2)3;;;/h1-5,8-11,13,16H,6-7,12H2;1-6H,7H2,(H,16,17);1-3,6-7H,4-5H2;2-3H,4H2,1H3;3-4H,1-2H3;3-4H,11H2,1-2H3;3-5H,10H2,1-2H3;1-2H,3H2,(H,11,12);1-4,8-9H;1H4;;3H;1H3;;/q;;;;;;;;;;;-1;;;. The van der Waals surface area contributed by atoms with Gasteiger partial charge in [0.1, 0.15) is 51.8 Å². The van der Waals surface area contributed by atoms with Gasteiger partial charge in [-0.25, -0.2) is 29.1 Å². The molecule has 3 amide bonds. The van der Waals surface area contributed by atoms with E-state index in [0.29, 0.717) is 124 Å². The number of fused-ring (bicyclic) bond motifs is 3. The summed E-state index contributed by atoms with van der Waals surface area (Å²) in [6, 6.07) is 49.9. The molecule has 12 N–H and O–H groups in total. The Morgan fingerprint density at radius 3 is 1.44 bits per heavy atom. The number of anilines is 3. The molecule has 0 atom stereocenters. The number of nitrogens with one attached hydrogen (secondary N) is 3. The van der Waals surface area contributed by atoms with Crippen molar-refractivity contribution in [3.05, 3.63) is 336 Å². The second-order valence-electron chi connectivity index (χ2n) is 30.4. The molecule has 7 aromatic carbocycles. The Kier molecular flexibility index (Phi) is 49.5. The van der Waals surface area contributed by atoms with Crippen LogP contribution in [0.3, 0.4) is 0 Å². The Balaban J connectivity index is 0.000000223. The zero-order valence-electron chi connectivity index (χ0n) is 77.4. The van der Waals surface area contributed by atoms with Gasteiger partial charge in [0.05, 0.1) is 72.3 Å². The Hall–Kier alpha value is -9.65. The van der Waals surface area contributed by atoms with Crippen molar-refractivity contribution in [3.63, 3.8) is 0 Å². The van der Waals surface area contributed by atoms with Crippen LogP contribution in [0, 0.1) is 39.8 Å². The number of carbonyl (C=O) groups excluding carboxylic acids is 7. The van der Waals surface area contributed by atoms with Crippen molar-refractivity contribution in [1.82, 2.24) is 71.2 Å². The molecule has 3 aliphatic heterocycles. The molecule has 5 aliphatic rings. The number of benzene rings is 7.